The number of nitrogens with zero attached hydrogens (tertiary/aromatic N) is 1. The topological polar surface area (TPSA) is 63.2 Å². The molecule has 1 fully saturated rings. The summed E-state index contributed by atoms with van der Waals surface area (Å²) < 4.78 is 4.90. The van der Waals surface area contributed by atoms with Crippen molar-refractivity contribution in [3.8, 4) is 0 Å². The third-order valence-electron chi connectivity index (χ3n) is 3.38. The van der Waals surface area contributed by atoms with E-state index in [1.807, 2.05) is 12.1 Å². The van der Waals surface area contributed by atoms with Crippen LogP contribution in [-0.4, -0.2) is 44.2 Å². The van der Waals surface area contributed by atoms with Gasteiger partial charge >= 0.3 is 0 Å². The van der Waals surface area contributed by atoms with Crippen LogP contribution in [0.15, 0.2) is 18.3 Å². The summed E-state index contributed by atoms with van der Waals surface area (Å²) in [5.74, 6) is 0.352. The zero-order chi connectivity index (χ0) is 13.5. The molecule has 0 radical (unpaired) electrons. The fourth-order valence-corrected chi connectivity index (χ4v) is 2.32. The Morgan fingerprint density at radius 2 is 2.53 bits per heavy atom. The van der Waals surface area contributed by atoms with Crippen molar-refractivity contribution in [2.45, 2.75) is 18.8 Å². The lowest BCUT2D eigenvalue weighted by molar-refractivity contribution is 0.0932. The van der Waals surface area contributed by atoms with Crippen LogP contribution < -0.4 is 10.6 Å². The molecule has 19 heavy (non-hydrogen) atoms. The fourth-order valence-electron chi connectivity index (χ4n) is 2.32. The molecule has 1 aromatic heterocycles. The second kappa shape index (κ2) is 7.21. The zero-order valence-corrected chi connectivity index (χ0v) is 11.3. The molecule has 5 nitrogen and oxygen atoms in total. The fraction of sp³-hybridized carbons (Fsp3) is 0.571. The van der Waals surface area contributed by atoms with Gasteiger partial charge in [0.1, 0.15) is 5.69 Å². The van der Waals surface area contributed by atoms with E-state index in [-0.39, 0.29) is 5.91 Å². The number of piperidine rings is 1. The molecule has 2 heterocycles. The van der Waals surface area contributed by atoms with Crippen LogP contribution in [0.1, 0.15) is 34.8 Å². The maximum absolute atomic E-state index is 11.9. The molecule has 0 bridgehead atoms. The maximum Gasteiger partial charge on any atom is 0.269 e. The molecule has 0 saturated carbocycles. The lowest BCUT2D eigenvalue weighted by Crippen LogP contribution is -2.29. The molecule has 0 aromatic carbocycles. The number of carbonyl (C=O) groups excluding carboxylic acids is 1. The Kier molecular flexibility index (Phi) is 5.30. The van der Waals surface area contributed by atoms with Crippen LogP contribution in [0.3, 0.4) is 0 Å². The second-order valence-electron chi connectivity index (χ2n) is 4.77. The molecular weight excluding hydrogens is 242 g/mol. The first-order valence-corrected chi connectivity index (χ1v) is 6.75. The highest BCUT2D eigenvalue weighted by atomic mass is 16.5. The van der Waals surface area contributed by atoms with Gasteiger partial charge in [-0.25, -0.2) is 0 Å². The number of rotatable bonds is 5. The first-order valence-electron chi connectivity index (χ1n) is 6.75. The van der Waals surface area contributed by atoms with E-state index in [9.17, 15) is 4.79 Å². The summed E-state index contributed by atoms with van der Waals surface area (Å²) in [5, 5.41) is 6.17. The number of ether oxygens (including phenoxy) is 1. The van der Waals surface area contributed by atoms with Crippen molar-refractivity contribution >= 4 is 5.91 Å². The summed E-state index contributed by atoms with van der Waals surface area (Å²) in [5.41, 5.74) is 1.68. The number of amides is 1. The van der Waals surface area contributed by atoms with E-state index in [0.717, 1.165) is 13.1 Å². The van der Waals surface area contributed by atoms with E-state index in [4.69, 9.17) is 4.74 Å². The second-order valence-corrected chi connectivity index (χ2v) is 4.77. The Bertz CT molecular complexity index is 417. The predicted octanol–water partition coefficient (Wildman–Crippen LogP) is 0.925. The number of nitrogens with one attached hydrogen (secondary N) is 2. The van der Waals surface area contributed by atoms with E-state index in [2.05, 4.69) is 15.6 Å². The molecule has 2 rings (SSSR count). The van der Waals surface area contributed by atoms with Crippen LogP contribution in [0.5, 0.6) is 0 Å². The van der Waals surface area contributed by atoms with Gasteiger partial charge in [0.15, 0.2) is 0 Å². The highest BCUT2D eigenvalue weighted by Crippen LogP contribution is 2.23. The summed E-state index contributed by atoms with van der Waals surface area (Å²) in [6.07, 6.45) is 4.07. The first kappa shape index (κ1) is 14.0. The van der Waals surface area contributed by atoms with Gasteiger partial charge in [0.25, 0.3) is 5.91 Å². The Morgan fingerprint density at radius 1 is 1.63 bits per heavy atom. The molecule has 1 aliphatic rings. The number of carbonyl (C=O) groups is 1. The smallest absolute Gasteiger partial charge is 0.269 e. The summed E-state index contributed by atoms with van der Waals surface area (Å²) in [6.45, 7) is 3.09. The third-order valence-corrected chi connectivity index (χ3v) is 3.38. The van der Waals surface area contributed by atoms with E-state index in [0.29, 0.717) is 24.8 Å². The number of hydrogen-bond donors (Lipinski definition) is 2. The van der Waals surface area contributed by atoms with Crippen LogP contribution in [0.4, 0.5) is 0 Å². The van der Waals surface area contributed by atoms with Crippen LogP contribution in [0.25, 0.3) is 0 Å². The predicted molar refractivity (Wildman–Crippen MR) is 73.3 cm³/mol. The van der Waals surface area contributed by atoms with Crippen LogP contribution in [-0.2, 0) is 4.74 Å². The molecule has 0 spiro atoms. The molecule has 1 amide bonds. The van der Waals surface area contributed by atoms with Gasteiger partial charge < -0.3 is 15.4 Å². The normalized spacial score (nSPS) is 19.1. The minimum atomic E-state index is -0.136. The lowest BCUT2D eigenvalue weighted by atomic mass is 9.92. The average molecular weight is 263 g/mol. The lowest BCUT2D eigenvalue weighted by Gasteiger charge is -2.23. The molecule has 2 N–H and O–H groups in total. The minimum absolute atomic E-state index is 0.136. The van der Waals surface area contributed by atoms with E-state index in [1.54, 1.807) is 13.3 Å². The van der Waals surface area contributed by atoms with Crippen molar-refractivity contribution in [1.82, 2.24) is 15.6 Å². The van der Waals surface area contributed by atoms with E-state index >= 15 is 0 Å². The van der Waals surface area contributed by atoms with Gasteiger partial charge in [0.05, 0.1) is 6.61 Å². The molecule has 1 aliphatic heterocycles. The van der Waals surface area contributed by atoms with Gasteiger partial charge in [-0.05, 0) is 43.0 Å². The highest BCUT2D eigenvalue weighted by Gasteiger charge is 2.16. The molecule has 1 aromatic rings. The van der Waals surface area contributed by atoms with Crippen LogP contribution in [0, 0.1) is 0 Å². The summed E-state index contributed by atoms with van der Waals surface area (Å²) in [4.78, 5) is 16.0. The van der Waals surface area contributed by atoms with Crippen molar-refractivity contribution in [1.29, 1.82) is 0 Å². The average Bonchev–Trinajstić information content (AvgIpc) is 2.48. The first-order chi connectivity index (χ1) is 9.31. The van der Waals surface area contributed by atoms with Gasteiger partial charge in [0.2, 0.25) is 0 Å². The molecule has 1 atom stereocenters. The summed E-state index contributed by atoms with van der Waals surface area (Å²) in [6, 6.07) is 3.91. The highest BCUT2D eigenvalue weighted by molar-refractivity contribution is 5.92. The van der Waals surface area contributed by atoms with Crippen LogP contribution >= 0.6 is 0 Å². The standard InChI is InChI=1S/C14H21N3O2/c1-19-8-7-17-14(18)13-9-11(4-6-16-13)12-3-2-5-15-10-12/h4,6,9,12,15H,2-3,5,7-8,10H2,1H3,(H,17,18). The van der Waals surface area contributed by atoms with Gasteiger partial charge in [-0.15, -0.1) is 0 Å². The Labute approximate surface area is 113 Å². The van der Waals surface area contributed by atoms with Crippen molar-refractivity contribution in [3.05, 3.63) is 29.6 Å². The van der Waals surface area contributed by atoms with Crippen molar-refractivity contribution < 1.29 is 9.53 Å². The zero-order valence-electron chi connectivity index (χ0n) is 11.3. The summed E-state index contributed by atoms with van der Waals surface area (Å²) >= 11 is 0. The SMILES string of the molecule is COCCNC(=O)c1cc(C2CCCNC2)ccn1. The third kappa shape index (κ3) is 4.01. The molecule has 104 valence electrons. The monoisotopic (exact) mass is 263 g/mol. The van der Waals surface area contributed by atoms with Crippen molar-refractivity contribution in [3.63, 3.8) is 0 Å². The number of hydrogen-bond acceptors (Lipinski definition) is 4. The Hall–Kier alpha value is -1.46. The van der Waals surface area contributed by atoms with E-state index in [1.165, 1.54) is 18.4 Å². The summed E-state index contributed by atoms with van der Waals surface area (Å²) in [7, 11) is 1.61. The number of methoxy groups -OCH3 is 1. The number of pyridine rings is 1. The van der Waals surface area contributed by atoms with Crippen molar-refractivity contribution in [2.24, 2.45) is 0 Å². The van der Waals surface area contributed by atoms with Gasteiger partial charge in [0, 0.05) is 26.4 Å². The van der Waals surface area contributed by atoms with Crippen LogP contribution in [0.2, 0.25) is 0 Å². The van der Waals surface area contributed by atoms with Gasteiger partial charge in [-0.3, -0.25) is 9.78 Å². The molecule has 1 saturated heterocycles. The quantitative estimate of drug-likeness (QED) is 0.776. The largest absolute Gasteiger partial charge is 0.383 e. The van der Waals surface area contributed by atoms with Gasteiger partial charge in [-0.1, -0.05) is 0 Å². The van der Waals surface area contributed by atoms with E-state index < -0.39 is 0 Å². The van der Waals surface area contributed by atoms with Gasteiger partial charge in [-0.2, -0.15) is 0 Å². The van der Waals surface area contributed by atoms with Crippen molar-refractivity contribution in [2.75, 3.05) is 33.4 Å². The number of aromatic nitrogens is 1. The molecule has 1 unspecified atom stereocenters. The molecule has 5 heteroatoms. The minimum Gasteiger partial charge on any atom is -0.383 e. The molecular formula is C14H21N3O2. The molecule has 0 aliphatic carbocycles. The Morgan fingerprint density at radius 3 is 3.26 bits per heavy atom. The maximum atomic E-state index is 11.9. The Balaban J connectivity index is 1.99.